The molecule has 10 nitrogen and oxygen atoms in total. The number of rotatable bonds is 7. The highest BCUT2D eigenvalue weighted by Crippen LogP contribution is 2.46. The summed E-state index contributed by atoms with van der Waals surface area (Å²) in [5, 5.41) is 17.4. The van der Waals surface area contributed by atoms with Gasteiger partial charge in [0, 0.05) is 17.4 Å². The molecule has 2 amide bonds. The fraction of sp³-hybridized carbons (Fsp3) is 0.571. The topological polar surface area (TPSA) is 140 Å². The summed E-state index contributed by atoms with van der Waals surface area (Å²) in [6.07, 6.45) is 0. The number of nitrogens with one attached hydrogen (secondary N) is 3. The van der Waals surface area contributed by atoms with E-state index in [2.05, 4.69) is 15.1 Å². The van der Waals surface area contributed by atoms with Crippen molar-refractivity contribution in [2.45, 2.75) is 46.4 Å². The van der Waals surface area contributed by atoms with Gasteiger partial charge in [-0.25, -0.2) is 23.6 Å². The van der Waals surface area contributed by atoms with Gasteiger partial charge in [0.25, 0.3) is 0 Å². The lowest BCUT2D eigenvalue weighted by Gasteiger charge is -2.38. The van der Waals surface area contributed by atoms with Gasteiger partial charge in [0.15, 0.2) is 10.0 Å². The number of benzene rings is 1. The van der Waals surface area contributed by atoms with E-state index in [4.69, 9.17) is 5.21 Å². The fourth-order valence-electron chi connectivity index (χ4n) is 2.81. The molecule has 1 aromatic rings. The van der Waals surface area contributed by atoms with Gasteiger partial charge < -0.3 is 10.5 Å². The predicted octanol–water partition coefficient (Wildman–Crippen LogP) is 1.79. The molecule has 0 saturated carbocycles. The summed E-state index contributed by atoms with van der Waals surface area (Å²) < 4.78 is 27.5. The Labute approximate surface area is 199 Å². The Morgan fingerprint density at radius 2 is 1.70 bits per heavy atom. The molecule has 0 aliphatic carbocycles. The van der Waals surface area contributed by atoms with Crippen molar-refractivity contribution >= 4 is 38.8 Å². The van der Waals surface area contributed by atoms with E-state index in [1.165, 1.54) is 5.01 Å². The van der Waals surface area contributed by atoms with Gasteiger partial charge in [-0.2, -0.15) is 0 Å². The Morgan fingerprint density at radius 3 is 2.21 bits per heavy atom. The molecular formula is C21H33N5O5S2. The number of hydroxylamine groups is 1. The summed E-state index contributed by atoms with van der Waals surface area (Å²) in [4.78, 5) is 24.8. The largest absolute Gasteiger partial charge is 0.317 e. The van der Waals surface area contributed by atoms with Gasteiger partial charge in [-0.1, -0.05) is 71.9 Å². The van der Waals surface area contributed by atoms with Gasteiger partial charge in [-0.3, -0.25) is 9.59 Å². The molecule has 184 valence electrons. The summed E-state index contributed by atoms with van der Waals surface area (Å²) in [5.74, 6) is -0.980. The third-order valence-electron chi connectivity index (χ3n) is 4.77. The molecule has 1 atom stereocenters. The number of carbonyl (C=O) groups is 2. The van der Waals surface area contributed by atoms with E-state index < -0.39 is 25.7 Å². The molecule has 4 N–H and O–H groups in total. The molecule has 1 aromatic carbocycles. The van der Waals surface area contributed by atoms with Crippen molar-refractivity contribution in [3.8, 4) is 0 Å². The van der Waals surface area contributed by atoms with Crippen LogP contribution < -0.4 is 15.5 Å². The van der Waals surface area contributed by atoms with E-state index in [0.29, 0.717) is 5.56 Å². The van der Waals surface area contributed by atoms with Crippen LogP contribution in [-0.2, 0) is 24.5 Å². The lowest BCUT2D eigenvalue weighted by atomic mass is 9.93. The fourth-order valence-corrected chi connectivity index (χ4v) is 5.03. The van der Waals surface area contributed by atoms with E-state index >= 15 is 0 Å². The summed E-state index contributed by atoms with van der Waals surface area (Å²) >= 11 is 1.10. The molecule has 0 spiro atoms. The van der Waals surface area contributed by atoms with Crippen LogP contribution in [0.2, 0.25) is 0 Å². The van der Waals surface area contributed by atoms with Crippen LogP contribution in [-0.4, -0.2) is 54.5 Å². The van der Waals surface area contributed by atoms with E-state index in [1.54, 1.807) is 65.8 Å². The van der Waals surface area contributed by atoms with Crippen molar-refractivity contribution in [1.82, 2.24) is 20.5 Å². The average Bonchev–Trinajstić information content (AvgIpc) is 3.09. The SMILES string of the molecule is CC(C)(C)C(=O)NC1=NN(C(=O)C(C)(C)C)C(CNS(=O)(=O)CCNO)(c2ccccc2)S1. The third kappa shape index (κ3) is 6.76. The number of sulfonamides is 1. The van der Waals surface area contributed by atoms with Crippen molar-refractivity contribution in [2.24, 2.45) is 15.9 Å². The highest BCUT2D eigenvalue weighted by Gasteiger charge is 2.51. The smallest absolute Gasteiger partial charge is 0.249 e. The minimum absolute atomic E-state index is 0.158. The molecule has 1 unspecified atom stereocenters. The van der Waals surface area contributed by atoms with Gasteiger partial charge in [-0.05, 0) is 17.3 Å². The molecule has 0 aromatic heterocycles. The van der Waals surface area contributed by atoms with Crippen molar-refractivity contribution in [3.05, 3.63) is 35.9 Å². The lowest BCUT2D eigenvalue weighted by Crippen LogP contribution is -2.52. The summed E-state index contributed by atoms with van der Waals surface area (Å²) in [6.45, 7) is 10.2. The minimum Gasteiger partial charge on any atom is -0.317 e. The zero-order chi connectivity index (χ0) is 25.1. The van der Waals surface area contributed by atoms with Crippen LogP contribution >= 0.6 is 11.8 Å². The number of hydrogen-bond acceptors (Lipinski definition) is 8. The Morgan fingerprint density at radius 1 is 1.09 bits per heavy atom. The first-order valence-electron chi connectivity index (χ1n) is 10.5. The van der Waals surface area contributed by atoms with Crippen molar-refractivity contribution < 1.29 is 23.2 Å². The maximum Gasteiger partial charge on any atom is 0.249 e. The number of hydrazone groups is 1. The molecule has 0 radical (unpaired) electrons. The predicted molar refractivity (Wildman–Crippen MR) is 129 cm³/mol. The molecule has 1 aliphatic rings. The molecule has 33 heavy (non-hydrogen) atoms. The van der Waals surface area contributed by atoms with Crippen molar-refractivity contribution in [3.63, 3.8) is 0 Å². The van der Waals surface area contributed by atoms with Crippen LogP contribution in [0.5, 0.6) is 0 Å². The molecule has 0 bridgehead atoms. The highest BCUT2D eigenvalue weighted by molar-refractivity contribution is 8.14. The Kier molecular flexibility index (Phi) is 8.34. The van der Waals surface area contributed by atoms with Crippen LogP contribution in [0.4, 0.5) is 0 Å². The van der Waals surface area contributed by atoms with E-state index in [0.717, 1.165) is 11.8 Å². The molecule has 0 fully saturated rings. The summed E-state index contributed by atoms with van der Waals surface area (Å²) in [7, 11) is -3.79. The lowest BCUT2D eigenvalue weighted by molar-refractivity contribution is -0.143. The van der Waals surface area contributed by atoms with Crippen molar-refractivity contribution in [2.75, 3.05) is 18.8 Å². The zero-order valence-corrected chi connectivity index (χ0v) is 21.4. The molecule has 2 rings (SSSR count). The number of amides is 2. The van der Waals surface area contributed by atoms with Crippen molar-refractivity contribution in [1.29, 1.82) is 0 Å². The first kappa shape index (κ1) is 27.3. The second-order valence-electron chi connectivity index (χ2n) is 9.78. The average molecular weight is 500 g/mol. The Hall–Kier alpha value is -1.99. The highest BCUT2D eigenvalue weighted by atomic mass is 32.2. The first-order valence-corrected chi connectivity index (χ1v) is 12.9. The quantitative estimate of drug-likeness (QED) is 0.419. The zero-order valence-electron chi connectivity index (χ0n) is 19.8. The first-order chi connectivity index (χ1) is 15.1. The van der Waals surface area contributed by atoms with E-state index in [1.807, 2.05) is 11.5 Å². The molecular weight excluding hydrogens is 466 g/mol. The Bertz CT molecular complexity index is 1000. The molecule has 12 heteroatoms. The van der Waals surface area contributed by atoms with Crippen LogP contribution in [0.25, 0.3) is 0 Å². The van der Waals surface area contributed by atoms with Gasteiger partial charge in [0.1, 0.15) is 0 Å². The van der Waals surface area contributed by atoms with E-state index in [9.17, 15) is 18.0 Å². The van der Waals surface area contributed by atoms with Gasteiger partial charge in [0.2, 0.25) is 21.8 Å². The van der Waals surface area contributed by atoms with Crippen LogP contribution in [0, 0.1) is 10.8 Å². The van der Waals surface area contributed by atoms with Crippen LogP contribution in [0.15, 0.2) is 35.4 Å². The standard InChI is InChI=1S/C21H33N5O5S2/c1-19(2,3)16(27)24-18-25-26(17(28)20(4,5)6)21(32-18,15-10-8-7-9-11-15)14-23-33(30,31)13-12-22-29/h7-11,22-23,29H,12-14H2,1-6H3,(H,24,25,27). The second-order valence-corrected chi connectivity index (χ2v) is 13.0. The summed E-state index contributed by atoms with van der Waals surface area (Å²) in [6, 6.07) is 8.95. The molecule has 0 saturated heterocycles. The third-order valence-corrected chi connectivity index (χ3v) is 7.37. The Balaban J connectivity index is 2.54. The number of amidine groups is 1. The normalized spacial score (nSPS) is 19.4. The summed E-state index contributed by atoms with van der Waals surface area (Å²) in [5.41, 5.74) is 0.940. The maximum absolute atomic E-state index is 13.5. The van der Waals surface area contributed by atoms with Gasteiger partial charge in [0.05, 0.1) is 12.3 Å². The number of thioether (sulfide) groups is 1. The maximum atomic E-state index is 13.5. The van der Waals surface area contributed by atoms with Crippen LogP contribution in [0.1, 0.15) is 47.1 Å². The monoisotopic (exact) mass is 499 g/mol. The van der Waals surface area contributed by atoms with E-state index in [-0.39, 0.29) is 35.8 Å². The number of hydrogen-bond donors (Lipinski definition) is 4. The molecule has 1 heterocycles. The second kappa shape index (κ2) is 10.1. The van der Waals surface area contributed by atoms with Gasteiger partial charge in [-0.15, -0.1) is 5.10 Å². The van der Waals surface area contributed by atoms with Crippen LogP contribution in [0.3, 0.4) is 0 Å². The number of nitrogens with zero attached hydrogens (tertiary/aromatic N) is 2. The van der Waals surface area contributed by atoms with Gasteiger partial charge >= 0.3 is 0 Å². The minimum atomic E-state index is -3.79. The molecule has 1 aliphatic heterocycles. The number of carbonyl (C=O) groups excluding carboxylic acids is 2.